The molecule has 1 aromatic carbocycles. The number of aromatic nitrogens is 4. The number of pyridine rings is 2. The van der Waals surface area contributed by atoms with Crippen molar-refractivity contribution in [1.82, 2.24) is 25.3 Å². The van der Waals surface area contributed by atoms with Crippen molar-refractivity contribution in [3.05, 3.63) is 72.1 Å². The molecule has 1 aliphatic rings. The summed E-state index contributed by atoms with van der Waals surface area (Å²) in [4.78, 5) is 29.8. The van der Waals surface area contributed by atoms with Crippen LogP contribution in [0.3, 0.4) is 0 Å². The van der Waals surface area contributed by atoms with Gasteiger partial charge in [-0.2, -0.15) is 0 Å². The van der Waals surface area contributed by atoms with E-state index in [0.717, 1.165) is 22.6 Å². The Balaban J connectivity index is 1.33. The number of nitrogens with one attached hydrogen (secondary N) is 3. The molecule has 0 bridgehead atoms. The summed E-state index contributed by atoms with van der Waals surface area (Å²) in [5.41, 5.74) is 3.26. The Morgan fingerprint density at radius 2 is 1.94 bits per heavy atom. The predicted octanol–water partition coefficient (Wildman–Crippen LogP) is 4.38. The number of fused-ring (bicyclic) bond motifs is 1. The van der Waals surface area contributed by atoms with E-state index >= 15 is 0 Å². The van der Waals surface area contributed by atoms with Gasteiger partial charge in [0.15, 0.2) is 0 Å². The topological polar surface area (TPSA) is 105 Å². The highest BCUT2D eigenvalue weighted by molar-refractivity contribution is 6.06. The number of anilines is 2. The van der Waals surface area contributed by atoms with Gasteiger partial charge in [-0.05, 0) is 42.7 Å². The zero-order chi connectivity index (χ0) is 24.4. The van der Waals surface area contributed by atoms with Crippen molar-refractivity contribution in [2.45, 2.75) is 31.7 Å². The molecule has 0 saturated heterocycles. The molecule has 3 aromatic heterocycles. The summed E-state index contributed by atoms with van der Waals surface area (Å²) in [6, 6.07) is 11.0. The summed E-state index contributed by atoms with van der Waals surface area (Å²) in [5, 5.41) is 9.51. The molecule has 9 heteroatoms. The molecule has 1 amide bonds. The van der Waals surface area contributed by atoms with Crippen LogP contribution in [0.25, 0.3) is 22.2 Å². The third-order valence-corrected chi connectivity index (χ3v) is 6.12. The number of rotatable bonds is 8. The second-order valence-electron chi connectivity index (χ2n) is 8.72. The van der Waals surface area contributed by atoms with Crippen LogP contribution in [-0.2, 0) is 0 Å². The van der Waals surface area contributed by atoms with Crippen molar-refractivity contribution in [2.24, 2.45) is 0 Å². The summed E-state index contributed by atoms with van der Waals surface area (Å²) in [6.45, 7) is 2.55. The fourth-order valence-electron chi connectivity index (χ4n) is 4.02. The van der Waals surface area contributed by atoms with Crippen LogP contribution in [0, 0.1) is 5.82 Å². The molecule has 8 nitrogen and oxygen atoms in total. The van der Waals surface area contributed by atoms with Crippen LogP contribution in [0.2, 0.25) is 0 Å². The molecular formula is C26H26FN7O. The van der Waals surface area contributed by atoms with E-state index in [1.54, 1.807) is 12.3 Å². The zero-order valence-corrected chi connectivity index (χ0v) is 19.5. The van der Waals surface area contributed by atoms with Crippen LogP contribution in [-0.4, -0.2) is 45.5 Å². The molecule has 5 rings (SSSR count). The Kier molecular flexibility index (Phi) is 6.22. The molecule has 0 spiro atoms. The number of carbonyl (C=O) groups is 1. The molecular weight excluding hydrogens is 445 g/mol. The standard InChI is InChI=1S/C26H26FN7O/c1-15(18-6-7-20(27)24-19(26(35)28-2)9-10-29-25(18)24)12-30-23-11-21(32-14-33-23)16-3-8-22(31-13-16)34-17-4-5-17/h3,6-11,13-15,17H,4-5,12H2,1-2H3,(H,28,35)(H,31,34)(H,30,32,33)/t15-/m1/s1. The van der Waals surface area contributed by atoms with Crippen LogP contribution in [0.1, 0.15) is 41.6 Å². The van der Waals surface area contributed by atoms with E-state index in [-0.39, 0.29) is 22.8 Å². The maximum atomic E-state index is 14.7. The average Bonchev–Trinajstić information content (AvgIpc) is 3.71. The van der Waals surface area contributed by atoms with Gasteiger partial charge in [-0.3, -0.25) is 9.78 Å². The smallest absolute Gasteiger partial charge is 0.251 e. The number of nitrogens with zero attached hydrogens (tertiary/aromatic N) is 4. The summed E-state index contributed by atoms with van der Waals surface area (Å²) in [7, 11) is 1.52. The van der Waals surface area contributed by atoms with Crippen LogP contribution in [0.15, 0.2) is 55.1 Å². The van der Waals surface area contributed by atoms with Crippen molar-refractivity contribution in [2.75, 3.05) is 24.2 Å². The van der Waals surface area contributed by atoms with Gasteiger partial charge in [0.2, 0.25) is 0 Å². The lowest BCUT2D eigenvalue weighted by Crippen LogP contribution is -2.19. The van der Waals surface area contributed by atoms with E-state index in [0.29, 0.717) is 23.9 Å². The number of halogens is 1. The highest BCUT2D eigenvalue weighted by Crippen LogP contribution is 2.29. The van der Waals surface area contributed by atoms with E-state index in [2.05, 4.69) is 35.9 Å². The molecule has 3 heterocycles. The van der Waals surface area contributed by atoms with Gasteiger partial charge in [-0.25, -0.2) is 19.3 Å². The number of amides is 1. The minimum Gasteiger partial charge on any atom is -0.369 e. The van der Waals surface area contributed by atoms with Crippen molar-refractivity contribution in [3.63, 3.8) is 0 Å². The van der Waals surface area contributed by atoms with Crippen LogP contribution in [0.5, 0.6) is 0 Å². The van der Waals surface area contributed by atoms with E-state index < -0.39 is 5.82 Å². The number of hydrogen-bond donors (Lipinski definition) is 3. The normalized spacial score (nSPS) is 13.9. The van der Waals surface area contributed by atoms with E-state index in [1.165, 1.54) is 44.5 Å². The molecule has 1 saturated carbocycles. The summed E-state index contributed by atoms with van der Waals surface area (Å²) in [6.07, 6.45) is 7.25. The molecule has 0 aliphatic heterocycles. The third-order valence-electron chi connectivity index (χ3n) is 6.12. The Labute approximate surface area is 202 Å². The van der Waals surface area contributed by atoms with Crippen LogP contribution in [0.4, 0.5) is 16.0 Å². The first-order valence-corrected chi connectivity index (χ1v) is 11.6. The molecule has 4 aromatic rings. The van der Waals surface area contributed by atoms with Crippen molar-refractivity contribution in [3.8, 4) is 11.3 Å². The average molecular weight is 472 g/mol. The van der Waals surface area contributed by atoms with Gasteiger partial charge in [0.25, 0.3) is 5.91 Å². The largest absolute Gasteiger partial charge is 0.369 e. The Morgan fingerprint density at radius 3 is 2.69 bits per heavy atom. The maximum Gasteiger partial charge on any atom is 0.251 e. The molecule has 1 fully saturated rings. The minimum absolute atomic E-state index is 0.0293. The van der Waals surface area contributed by atoms with E-state index in [9.17, 15) is 9.18 Å². The van der Waals surface area contributed by atoms with Gasteiger partial charge in [-0.15, -0.1) is 0 Å². The second kappa shape index (κ2) is 9.61. The van der Waals surface area contributed by atoms with E-state index in [4.69, 9.17) is 0 Å². The van der Waals surface area contributed by atoms with Gasteiger partial charge >= 0.3 is 0 Å². The number of carbonyl (C=O) groups excluding carboxylic acids is 1. The van der Waals surface area contributed by atoms with Crippen LogP contribution < -0.4 is 16.0 Å². The lowest BCUT2D eigenvalue weighted by atomic mass is 9.95. The first-order valence-electron chi connectivity index (χ1n) is 11.6. The first-order chi connectivity index (χ1) is 17.0. The lowest BCUT2D eigenvalue weighted by Gasteiger charge is -2.17. The fraction of sp³-hybridized carbons (Fsp3) is 0.269. The first kappa shape index (κ1) is 22.6. The lowest BCUT2D eigenvalue weighted by molar-refractivity contribution is 0.0964. The highest BCUT2D eigenvalue weighted by atomic mass is 19.1. The molecule has 35 heavy (non-hydrogen) atoms. The second-order valence-corrected chi connectivity index (χ2v) is 8.72. The monoisotopic (exact) mass is 471 g/mol. The van der Waals surface area contributed by atoms with Gasteiger partial charge in [0, 0.05) is 55.0 Å². The molecule has 1 atom stereocenters. The van der Waals surface area contributed by atoms with Crippen molar-refractivity contribution < 1.29 is 9.18 Å². The number of benzene rings is 1. The molecule has 3 N–H and O–H groups in total. The Hall–Kier alpha value is -4.14. The fourth-order valence-corrected chi connectivity index (χ4v) is 4.02. The van der Waals surface area contributed by atoms with Crippen molar-refractivity contribution >= 4 is 28.4 Å². The Morgan fingerprint density at radius 1 is 1.09 bits per heavy atom. The quantitative estimate of drug-likeness (QED) is 0.350. The molecule has 1 aliphatic carbocycles. The SMILES string of the molecule is CNC(=O)c1ccnc2c([C@H](C)CNc3cc(-c4ccc(NC5CC5)nc4)ncn3)ccc(F)c12. The van der Waals surface area contributed by atoms with Gasteiger partial charge in [0.1, 0.15) is 23.8 Å². The van der Waals surface area contributed by atoms with Crippen molar-refractivity contribution in [1.29, 1.82) is 0 Å². The molecule has 178 valence electrons. The summed E-state index contributed by atoms with van der Waals surface area (Å²) in [5.74, 6) is 0.699. The zero-order valence-electron chi connectivity index (χ0n) is 19.5. The van der Waals surface area contributed by atoms with Gasteiger partial charge < -0.3 is 16.0 Å². The minimum atomic E-state index is -0.469. The predicted molar refractivity (Wildman–Crippen MR) is 134 cm³/mol. The summed E-state index contributed by atoms with van der Waals surface area (Å²) >= 11 is 0. The maximum absolute atomic E-state index is 14.7. The van der Waals surface area contributed by atoms with Crippen LogP contribution >= 0.6 is 0 Å². The van der Waals surface area contributed by atoms with Gasteiger partial charge in [0.05, 0.1) is 16.8 Å². The summed E-state index contributed by atoms with van der Waals surface area (Å²) < 4.78 is 14.7. The third kappa shape index (κ3) is 4.89. The van der Waals surface area contributed by atoms with E-state index in [1.807, 2.05) is 25.1 Å². The highest BCUT2D eigenvalue weighted by Gasteiger charge is 2.21. The Bertz CT molecular complexity index is 1370. The molecule has 0 radical (unpaired) electrons. The van der Waals surface area contributed by atoms with Gasteiger partial charge in [-0.1, -0.05) is 13.0 Å². The molecule has 0 unspecified atom stereocenters. The number of hydrogen-bond acceptors (Lipinski definition) is 7.